The Labute approximate surface area is 220 Å². The summed E-state index contributed by atoms with van der Waals surface area (Å²) in [5.74, 6) is -0.155. The summed E-state index contributed by atoms with van der Waals surface area (Å²) in [5.41, 5.74) is 4.24. The van der Waals surface area contributed by atoms with E-state index in [2.05, 4.69) is 40.2 Å². The topological polar surface area (TPSA) is 117 Å². The first-order valence-electron chi connectivity index (χ1n) is 12.9. The van der Waals surface area contributed by atoms with E-state index in [0.717, 1.165) is 36.2 Å². The molecule has 0 atom stereocenters. The molecule has 0 aromatic carbocycles. The van der Waals surface area contributed by atoms with Crippen LogP contribution in [0.15, 0.2) is 29.4 Å². The number of carbonyl (C=O) groups is 1. The van der Waals surface area contributed by atoms with E-state index in [0.29, 0.717) is 24.2 Å². The largest absolute Gasteiger partial charge is 0.333 e. The fourth-order valence-electron chi connectivity index (χ4n) is 5.61. The lowest BCUT2D eigenvalue weighted by Crippen LogP contribution is -2.51. The Morgan fingerprint density at radius 2 is 1.81 bits per heavy atom. The second kappa shape index (κ2) is 9.49. The Bertz CT molecular complexity index is 1340. The maximum Gasteiger partial charge on any atom is 0.291 e. The molecule has 3 heterocycles. The zero-order valence-corrected chi connectivity index (χ0v) is 23.8. The molecule has 1 aliphatic heterocycles. The van der Waals surface area contributed by atoms with Crippen LogP contribution >= 0.6 is 0 Å². The van der Waals surface area contributed by atoms with E-state index in [4.69, 9.17) is 4.98 Å². The van der Waals surface area contributed by atoms with Crippen LogP contribution in [0.1, 0.15) is 107 Å². The van der Waals surface area contributed by atoms with Crippen LogP contribution < -0.4 is 5.32 Å². The highest BCUT2D eigenvalue weighted by Gasteiger charge is 2.52. The second-order valence-corrected chi connectivity index (χ2v) is 15.6. The quantitative estimate of drug-likeness (QED) is 0.497. The molecule has 1 fully saturated rings. The van der Waals surface area contributed by atoms with Crippen molar-refractivity contribution in [3.05, 3.63) is 47.3 Å². The van der Waals surface area contributed by atoms with Gasteiger partial charge in [-0.3, -0.25) is 14.8 Å². The third-order valence-corrected chi connectivity index (χ3v) is 11.1. The molecule has 1 amide bonds. The first kappa shape index (κ1) is 27.2. The molecule has 2 aromatic heterocycles. The smallest absolute Gasteiger partial charge is 0.291 e. The number of hydrogen-bond acceptors (Lipinski definition) is 6. The van der Waals surface area contributed by atoms with Gasteiger partial charge in [0.25, 0.3) is 5.91 Å². The Hall–Kier alpha value is -2.81. The van der Waals surface area contributed by atoms with Crippen molar-refractivity contribution in [3.63, 3.8) is 0 Å². The SMILES string of the molecule is CN=Cc1cnc(C(=O)Nc2ccc(C3CC(C)(C)S(=O)(=O)C(C)(C)C3)nc2C2=CCC(C)(C)CC2)[nH]1. The van der Waals surface area contributed by atoms with Crippen LogP contribution in [0.25, 0.3) is 5.57 Å². The van der Waals surface area contributed by atoms with Crippen molar-refractivity contribution >= 4 is 33.2 Å². The Morgan fingerprint density at radius 1 is 1.14 bits per heavy atom. The van der Waals surface area contributed by atoms with Crippen LogP contribution in [0.5, 0.6) is 0 Å². The van der Waals surface area contributed by atoms with E-state index in [-0.39, 0.29) is 23.1 Å². The number of nitrogens with one attached hydrogen (secondary N) is 2. The van der Waals surface area contributed by atoms with Crippen LogP contribution in [0.3, 0.4) is 0 Å². The summed E-state index contributed by atoms with van der Waals surface area (Å²) in [7, 11) is -1.64. The molecule has 2 N–H and O–H groups in total. The molecule has 4 rings (SSSR count). The van der Waals surface area contributed by atoms with Crippen molar-refractivity contribution in [1.29, 1.82) is 0 Å². The molecule has 8 nitrogen and oxygen atoms in total. The Balaban J connectivity index is 1.71. The van der Waals surface area contributed by atoms with Crippen molar-refractivity contribution in [2.45, 2.75) is 89.1 Å². The van der Waals surface area contributed by atoms with Crippen LogP contribution in [-0.4, -0.2) is 52.0 Å². The number of sulfone groups is 1. The number of rotatable bonds is 5. The fraction of sp³-hybridized carbons (Fsp3) is 0.571. The minimum atomic E-state index is -3.30. The van der Waals surface area contributed by atoms with E-state index >= 15 is 0 Å². The molecule has 0 spiro atoms. The molecule has 200 valence electrons. The van der Waals surface area contributed by atoms with Gasteiger partial charge in [0, 0.05) is 24.9 Å². The number of aromatic nitrogens is 3. The number of aromatic amines is 1. The van der Waals surface area contributed by atoms with Gasteiger partial charge in [0.2, 0.25) is 0 Å². The van der Waals surface area contributed by atoms with Gasteiger partial charge in [0.05, 0.1) is 32.8 Å². The van der Waals surface area contributed by atoms with Gasteiger partial charge >= 0.3 is 0 Å². The molecular formula is C28H39N5O3S. The zero-order valence-electron chi connectivity index (χ0n) is 23.0. The van der Waals surface area contributed by atoms with E-state index in [1.54, 1.807) is 19.5 Å². The molecule has 2 aliphatic rings. The van der Waals surface area contributed by atoms with Crippen LogP contribution in [0.2, 0.25) is 0 Å². The molecule has 0 saturated carbocycles. The number of nitrogens with zero attached hydrogens (tertiary/aromatic N) is 3. The number of hydrogen-bond donors (Lipinski definition) is 2. The summed E-state index contributed by atoms with van der Waals surface area (Å²) >= 11 is 0. The molecule has 9 heteroatoms. The van der Waals surface area contributed by atoms with Crippen molar-refractivity contribution in [2.75, 3.05) is 12.4 Å². The summed E-state index contributed by atoms with van der Waals surface area (Å²) in [6, 6.07) is 3.83. The minimum Gasteiger partial charge on any atom is -0.333 e. The molecule has 1 aliphatic carbocycles. The highest BCUT2D eigenvalue weighted by Crippen LogP contribution is 2.48. The standard InChI is InChI=1S/C28H39N5O3S/c1-26(2)12-10-18(11-13-26)23-22(33-25(34)24-30-17-20(31-24)16-29-7)9-8-21(32-23)19-14-27(3,4)37(35,36)28(5,6)15-19/h8-10,16-17,19H,11-15H2,1-7H3,(H,30,31)(H,33,34). The summed E-state index contributed by atoms with van der Waals surface area (Å²) in [5, 5.41) is 3.00. The number of carbonyl (C=O) groups excluding carboxylic acids is 1. The van der Waals surface area contributed by atoms with Gasteiger partial charge in [-0.25, -0.2) is 13.4 Å². The van der Waals surface area contributed by atoms with Gasteiger partial charge in [-0.1, -0.05) is 19.9 Å². The first-order valence-corrected chi connectivity index (χ1v) is 14.4. The van der Waals surface area contributed by atoms with E-state index in [1.807, 2.05) is 39.8 Å². The normalized spacial score (nSPS) is 22.5. The van der Waals surface area contributed by atoms with Gasteiger partial charge in [-0.15, -0.1) is 0 Å². The molecule has 2 aromatic rings. The van der Waals surface area contributed by atoms with Gasteiger partial charge in [0.15, 0.2) is 15.7 Å². The highest BCUT2D eigenvalue weighted by atomic mass is 32.2. The second-order valence-electron chi connectivity index (χ2n) is 12.4. The van der Waals surface area contributed by atoms with Crippen LogP contribution in [-0.2, 0) is 9.84 Å². The predicted molar refractivity (Wildman–Crippen MR) is 149 cm³/mol. The molecule has 0 bridgehead atoms. The lowest BCUT2D eigenvalue weighted by atomic mass is 9.77. The highest BCUT2D eigenvalue weighted by molar-refractivity contribution is 7.94. The van der Waals surface area contributed by atoms with Gasteiger partial charge < -0.3 is 10.3 Å². The molecular weight excluding hydrogens is 486 g/mol. The summed E-state index contributed by atoms with van der Waals surface area (Å²) in [6.07, 6.45) is 9.24. The summed E-state index contributed by atoms with van der Waals surface area (Å²) < 4.78 is 24.6. The minimum absolute atomic E-state index is 0.00128. The van der Waals surface area contributed by atoms with Gasteiger partial charge in [-0.05, 0) is 82.9 Å². The summed E-state index contributed by atoms with van der Waals surface area (Å²) in [4.78, 5) is 29.2. The number of pyridine rings is 1. The molecule has 0 radical (unpaired) electrons. The summed E-state index contributed by atoms with van der Waals surface area (Å²) in [6.45, 7) is 11.8. The maximum atomic E-state index is 13.2. The number of anilines is 1. The number of imidazole rings is 1. The maximum absolute atomic E-state index is 13.2. The number of allylic oxidation sites excluding steroid dienone is 2. The van der Waals surface area contributed by atoms with Gasteiger partial charge in [0.1, 0.15) is 0 Å². The fourth-order valence-corrected chi connectivity index (χ4v) is 7.95. The van der Waals surface area contributed by atoms with Crippen molar-refractivity contribution in [3.8, 4) is 0 Å². The van der Waals surface area contributed by atoms with Crippen molar-refractivity contribution < 1.29 is 13.2 Å². The predicted octanol–water partition coefficient (Wildman–Crippen LogP) is 5.55. The molecule has 37 heavy (non-hydrogen) atoms. The van der Waals surface area contributed by atoms with E-state index in [9.17, 15) is 13.2 Å². The zero-order chi connectivity index (χ0) is 27.2. The number of aliphatic imine (C=N–C) groups is 1. The van der Waals surface area contributed by atoms with E-state index in [1.165, 1.54) is 0 Å². The van der Waals surface area contributed by atoms with Crippen molar-refractivity contribution in [2.24, 2.45) is 10.4 Å². The van der Waals surface area contributed by atoms with Gasteiger partial charge in [-0.2, -0.15) is 0 Å². The average Bonchev–Trinajstić information content (AvgIpc) is 3.27. The molecule has 1 saturated heterocycles. The third kappa shape index (κ3) is 5.28. The Morgan fingerprint density at radius 3 is 2.41 bits per heavy atom. The number of amides is 1. The molecule has 0 unspecified atom stereocenters. The van der Waals surface area contributed by atoms with Crippen LogP contribution in [0, 0.1) is 5.41 Å². The lowest BCUT2D eigenvalue weighted by Gasteiger charge is -2.44. The average molecular weight is 526 g/mol. The third-order valence-electron chi connectivity index (χ3n) is 7.87. The van der Waals surface area contributed by atoms with Crippen molar-refractivity contribution in [1.82, 2.24) is 15.0 Å². The first-order chi connectivity index (χ1) is 17.2. The Kier molecular flexibility index (Phi) is 6.99. The van der Waals surface area contributed by atoms with E-state index < -0.39 is 19.3 Å². The monoisotopic (exact) mass is 525 g/mol. The van der Waals surface area contributed by atoms with Crippen LogP contribution in [0.4, 0.5) is 5.69 Å². The number of H-pyrrole nitrogens is 1. The lowest BCUT2D eigenvalue weighted by molar-refractivity contribution is 0.101.